The molecule has 1 aliphatic rings. The Balaban J connectivity index is 1.47. The van der Waals surface area contributed by atoms with Crippen LogP contribution in [-0.4, -0.2) is 43.7 Å². The summed E-state index contributed by atoms with van der Waals surface area (Å²) < 4.78 is 7.51. The van der Waals surface area contributed by atoms with Crippen molar-refractivity contribution >= 4 is 46.2 Å². The Bertz CT molecular complexity index is 784. The number of imidazole rings is 1. The number of aromatic nitrogens is 2. The highest BCUT2D eigenvalue weighted by atomic mass is 32.2. The Labute approximate surface area is 154 Å². The van der Waals surface area contributed by atoms with Crippen molar-refractivity contribution in [2.45, 2.75) is 13.0 Å². The molecule has 0 aromatic carbocycles. The third kappa shape index (κ3) is 4.58. The first-order chi connectivity index (χ1) is 12.1. The van der Waals surface area contributed by atoms with Gasteiger partial charge >= 0.3 is 0 Å². The molecule has 1 aliphatic heterocycles. The SMILES string of the molecule is O=C(CN1C(=O)/C(=C/c2ccco2)SC1=S)NCCCn1ccnc1. The molecule has 2 aromatic rings. The number of furan rings is 1. The van der Waals surface area contributed by atoms with Crippen molar-refractivity contribution < 1.29 is 14.0 Å². The van der Waals surface area contributed by atoms with E-state index in [1.807, 2.05) is 10.8 Å². The number of nitrogens with one attached hydrogen (secondary N) is 1. The summed E-state index contributed by atoms with van der Waals surface area (Å²) in [7, 11) is 0. The molecule has 0 radical (unpaired) electrons. The van der Waals surface area contributed by atoms with Crippen LogP contribution in [0.3, 0.4) is 0 Å². The van der Waals surface area contributed by atoms with Gasteiger partial charge in [-0.1, -0.05) is 24.0 Å². The molecule has 0 aliphatic carbocycles. The molecule has 9 heteroatoms. The zero-order chi connectivity index (χ0) is 17.6. The third-order valence-corrected chi connectivity index (χ3v) is 4.84. The van der Waals surface area contributed by atoms with E-state index in [-0.39, 0.29) is 18.4 Å². The molecule has 0 bridgehead atoms. The standard InChI is InChI=1S/C16H16N4O3S2/c21-14(18-4-2-6-19-7-5-17-11-19)10-20-15(22)13(25-16(20)24)9-12-3-1-8-23-12/h1,3,5,7-9,11H,2,4,6,10H2,(H,18,21)/b13-9-. The minimum absolute atomic E-state index is 0.0781. The van der Waals surface area contributed by atoms with Gasteiger partial charge < -0.3 is 14.3 Å². The van der Waals surface area contributed by atoms with Crippen LogP contribution in [0, 0.1) is 0 Å². The number of thiocarbonyl (C=S) groups is 1. The predicted octanol–water partition coefficient (Wildman–Crippen LogP) is 1.88. The molecule has 0 spiro atoms. The zero-order valence-electron chi connectivity index (χ0n) is 13.3. The smallest absolute Gasteiger partial charge is 0.266 e. The van der Waals surface area contributed by atoms with Gasteiger partial charge in [-0.2, -0.15) is 0 Å². The molecular weight excluding hydrogens is 360 g/mol. The van der Waals surface area contributed by atoms with Crippen LogP contribution >= 0.6 is 24.0 Å². The fourth-order valence-corrected chi connectivity index (χ4v) is 3.48. The zero-order valence-corrected chi connectivity index (χ0v) is 14.9. The van der Waals surface area contributed by atoms with E-state index in [0.29, 0.717) is 21.5 Å². The van der Waals surface area contributed by atoms with Gasteiger partial charge in [-0.05, 0) is 18.6 Å². The van der Waals surface area contributed by atoms with E-state index in [1.54, 1.807) is 30.7 Å². The van der Waals surface area contributed by atoms with Crippen LogP contribution in [0.25, 0.3) is 6.08 Å². The van der Waals surface area contributed by atoms with Gasteiger partial charge in [0, 0.05) is 31.6 Å². The van der Waals surface area contributed by atoms with E-state index in [4.69, 9.17) is 16.6 Å². The van der Waals surface area contributed by atoms with Crippen molar-refractivity contribution in [1.29, 1.82) is 0 Å². The summed E-state index contributed by atoms with van der Waals surface area (Å²) in [6, 6.07) is 3.49. The summed E-state index contributed by atoms with van der Waals surface area (Å²) >= 11 is 6.37. The van der Waals surface area contributed by atoms with E-state index in [9.17, 15) is 9.59 Å². The first-order valence-electron chi connectivity index (χ1n) is 7.65. The van der Waals surface area contributed by atoms with Gasteiger partial charge in [-0.25, -0.2) is 4.98 Å². The predicted molar refractivity (Wildman–Crippen MR) is 98.4 cm³/mol. The number of rotatable bonds is 7. The van der Waals surface area contributed by atoms with E-state index in [0.717, 1.165) is 13.0 Å². The van der Waals surface area contributed by atoms with Gasteiger partial charge in [0.05, 0.1) is 17.5 Å². The number of aryl methyl sites for hydroxylation is 1. The lowest BCUT2D eigenvalue weighted by atomic mass is 10.3. The van der Waals surface area contributed by atoms with Crippen LogP contribution in [0.4, 0.5) is 0 Å². The molecular formula is C16H16N4O3S2. The molecule has 25 heavy (non-hydrogen) atoms. The molecule has 2 amide bonds. The summed E-state index contributed by atoms with van der Waals surface area (Å²) in [5.74, 6) is 0.0607. The third-order valence-electron chi connectivity index (χ3n) is 3.47. The van der Waals surface area contributed by atoms with Gasteiger partial charge in [0.2, 0.25) is 5.91 Å². The summed E-state index contributed by atoms with van der Waals surface area (Å²) in [5.41, 5.74) is 0. The lowest BCUT2D eigenvalue weighted by Gasteiger charge is -2.14. The Morgan fingerprint density at radius 2 is 2.36 bits per heavy atom. The van der Waals surface area contributed by atoms with Crippen LogP contribution in [0.2, 0.25) is 0 Å². The van der Waals surface area contributed by atoms with Gasteiger partial charge in [0.25, 0.3) is 5.91 Å². The van der Waals surface area contributed by atoms with Crippen molar-refractivity contribution in [3.05, 3.63) is 47.8 Å². The molecule has 3 rings (SSSR count). The van der Waals surface area contributed by atoms with Gasteiger partial charge in [-0.15, -0.1) is 0 Å². The molecule has 1 fully saturated rings. The molecule has 130 valence electrons. The Kier molecular flexibility index (Phi) is 5.67. The Hall–Kier alpha value is -2.39. The van der Waals surface area contributed by atoms with Crippen molar-refractivity contribution in [2.75, 3.05) is 13.1 Å². The van der Waals surface area contributed by atoms with Crippen LogP contribution < -0.4 is 5.32 Å². The average Bonchev–Trinajstić information content (AvgIpc) is 3.32. The Morgan fingerprint density at radius 3 is 3.08 bits per heavy atom. The van der Waals surface area contributed by atoms with E-state index in [2.05, 4.69) is 10.3 Å². The lowest BCUT2D eigenvalue weighted by Crippen LogP contribution is -2.39. The van der Waals surface area contributed by atoms with Crippen molar-refractivity contribution in [3.8, 4) is 0 Å². The number of thioether (sulfide) groups is 1. The maximum absolute atomic E-state index is 12.4. The van der Waals surface area contributed by atoms with Crippen LogP contribution in [0.15, 0.2) is 46.4 Å². The minimum Gasteiger partial charge on any atom is -0.465 e. The van der Waals surface area contributed by atoms with Gasteiger partial charge in [-0.3, -0.25) is 14.5 Å². The summed E-state index contributed by atoms with van der Waals surface area (Å²) in [5, 5.41) is 2.80. The summed E-state index contributed by atoms with van der Waals surface area (Å²) in [6.07, 6.45) is 9.25. The van der Waals surface area contributed by atoms with Crippen molar-refractivity contribution in [3.63, 3.8) is 0 Å². The summed E-state index contributed by atoms with van der Waals surface area (Å²) in [6.45, 7) is 1.21. The van der Waals surface area contributed by atoms with Crippen LogP contribution in [-0.2, 0) is 16.1 Å². The normalized spacial score (nSPS) is 16.0. The van der Waals surface area contributed by atoms with Crippen molar-refractivity contribution in [2.24, 2.45) is 0 Å². The van der Waals surface area contributed by atoms with Crippen LogP contribution in [0.1, 0.15) is 12.2 Å². The summed E-state index contributed by atoms with van der Waals surface area (Å²) in [4.78, 5) is 30.1. The average molecular weight is 376 g/mol. The minimum atomic E-state index is -0.278. The van der Waals surface area contributed by atoms with Crippen LogP contribution in [0.5, 0.6) is 0 Å². The first-order valence-corrected chi connectivity index (χ1v) is 8.87. The molecule has 1 N–H and O–H groups in total. The highest BCUT2D eigenvalue weighted by Gasteiger charge is 2.33. The van der Waals surface area contributed by atoms with E-state index < -0.39 is 0 Å². The number of hydrogen-bond acceptors (Lipinski definition) is 6. The maximum Gasteiger partial charge on any atom is 0.266 e. The maximum atomic E-state index is 12.4. The molecule has 0 saturated carbocycles. The monoisotopic (exact) mass is 376 g/mol. The second kappa shape index (κ2) is 8.13. The first kappa shape index (κ1) is 17.4. The van der Waals surface area contributed by atoms with Crippen molar-refractivity contribution in [1.82, 2.24) is 19.8 Å². The Morgan fingerprint density at radius 1 is 1.48 bits per heavy atom. The molecule has 3 heterocycles. The molecule has 0 unspecified atom stereocenters. The largest absolute Gasteiger partial charge is 0.465 e. The second-order valence-electron chi connectivity index (χ2n) is 5.29. The highest BCUT2D eigenvalue weighted by molar-refractivity contribution is 8.26. The quantitative estimate of drug-likeness (QED) is 0.452. The number of hydrogen-bond donors (Lipinski definition) is 1. The van der Waals surface area contributed by atoms with Gasteiger partial charge in [0.15, 0.2) is 0 Å². The number of carbonyl (C=O) groups excluding carboxylic acids is 2. The number of nitrogens with zero attached hydrogens (tertiary/aromatic N) is 3. The molecule has 2 aromatic heterocycles. The van der Waals surface area contributed by atoms with E-state index >= 15 is 0 Å². The molecule has 0 atom stereocenters. The number of amides is 2. The molecule has 7 nitrogen and oxygen atoms in total. The highest BCUT2D eigenvalue weighted by Crippen LogP contribution is 2.32. The molecule has 1 saturated heterocycles. The second-order valence-corrected chi connectivity index (χ2v) is 6.96. The topological polar surface area (TPSA) is 80.4 Å². The number of carbonyl (C=O) groups is 2. The lowest BCUT2D eigenvalue weighted by molar-refractivity contribution is -0.128. The van der Waals surface area contributed by atoms with E-state index in [1.165, 1.54) is 22.9 Å². The fourth-order valence-electron chi connectivity index (χ4n) is 2.25. The fraction of sp³-hybridized carbons (Fsp3) is 0.250. The van der Waals surface area contributed by atoms with Gasteiger partial charge in [0.1, 0.15) is 16.6 Å².